The van der Waals surface area contributed by atoms with E-state index in [0.29, 0.717) is 19.8 Å². The van der Waals surface area contributed by atoms with E-state index in [9.17, 15) is 4.79 Å². The summed E-state index contributed by atoms with van der Waals surface area (Å²) in [6.07, 6.45) is 0. The minimum absolute atomic E-state index is 0. The minimum Gasteiger partial charge on any atom is -0.377 e. The maximum atomic E-state index is 11.8. The molecule has 0 radical (unpaired) electrons. The lowest BCUT2D eigenvalue weighted by atomic mass is 10.0. The van der Waals surface area contributed by atoms with Gasteiger partial charge in [0.2, 0.25) is 5.91 Å². The van der Waals surface area contributed by atoms with Crippen molar-refractivity contribution < 1.29 is 9.53 Å². The van der Waals surface area contributed by atoms with Crippen molar-refractivity contribution in [2.45, 2.75) is 40.0 Å². The van der Waals surface area contributed by atoms with Crippen LogP contribution in [0.1, 0.15) is 31.9 Å². The SMILES string of the molecule is CCOCc1ccccc1CNC(=O)[C@H](N)C(C)C.Cl. The average Bonchev–Trinajstić information content (AvgIpc) is 2.42. The third kappa shape index (κ3) is 5.90. The topological polar surface area (TPSA) is 64.3 Å². The molecule has 5 heteroatoms. The van der Waals surface area contributed by atoms with Crippen LogP contribution in [-0.2, 0) is 22.7 Å². The Morgan fingerprint density at radius 1 is 1.30 bits per heavy atom. The maximum absolute atomic E-state index is 11.8. The van der Waals surface area contributed by atoms with Gasteiger partial charge in [-0.05, 0) is 24.0 Å². The van der Waals surface area contributed by atoms with Gasteiger partial charge in [-0.25, -0.2) is 0 Å². The Kier molecular flexibility index (Phi) is 9.21. The first-order valence-electron chi connectivity index (χ1n) is 6.74. The number of rotatable bonds is 7. The number of carbonyl (C=O) groups excluding carboxylic acids is 1. The quantitative estimate of drug-likeness (QED) is 0.812. The molecule has 20 heavy (non-hydrogen) atoms. The summed E-state index contributed by atoms with van der Waals surface area (Å²) in [4.78, 5) is 11.8. The number of benzene rings is 1. The van der Waals surface area contributed by atoms with Gasteiger partial charge in [0.05, 0.1) is 12.6 Å². The molecule has 1 aromatic carbocycles. The summed E-state index contributed by atoms with van der Waals surface area (Å²) in [6.45, 7) is 7.58. The van der Waals surface area contributed by atoms with Crippen LogP contribution in [0, 0.1) is 5.92 Å². The third-order valence-electron chi connectivity index (χ3n) is 3.05. The highest BCUT2D eigenvalue weighted by Gasteiger charge is 2.16. The molecule has 0 spiro atoms. The van der Waals surface area contributed by atoms with E-state index in [1.54, 1.807) is 0 Å². The van der Waals surface area contributed by atoms with E-state index in [1.807, 2.05) is 45.0 Å². The summed E-state index contributed by atoms with van der Waals surface area (Å²) in [7, 11) is 0. The van der Waals surface area contributed by atoms with Crippen LogP contribution in [0.25, 0.3) is 0 Å². The van der Waals surface area contributed by atoms with Crippen molar-refractivity contribution >= 4 is 18.3 Å². The van der Waals surface area contributed by atoms with E-state index < -0.39 is 6.04 Å². The van der Waals surface area contributed by atoms with Crippen molar-refractivity contribution in [3.05, 3.63) is 35.4 Å². The van der Waals surface area contributed by atoms with Gasteiger partial charge in [0.15, 0.2) is 0 Å². The fourth-order valence-electron chi connectivity index (χ4n) is 1.69. The van der Waals surface area contributed by atoms with Gasteiger partial charge in [-0.1, -0.05) is 38.1 Å². The number of nitrogens with one attached hydrogen (secondary N) is 1. The van der Waals surface area contributed by atoms with Crippen LogP contribution in [0.3, 0.4) is 0 Å². The normalized spacial score (nSPS) is 11.8. The van der Waals surface area contributed by atoms with Gasteiger partial charge in [-0.15, -0.1) is 12.4 Å². The second-order valence-electron chi connectivity index (χ2n) is 4.89. The molecule has 0 aliphatic heterocycles. The van der Waals surface area contributed by atoms with Gasteiger partial charge in [0, 0.05) is 13.2 Å². The van der Waals surface area contributed by atoms with Gasteiger partial charge in [0.25, 0.3) is 0 Å². The van der Waals surface area contributed by atoms with Crippen LogP contribution >= 0.6 is 12.4 Å². The Morgan fingerprint density at radius 2 is 1.90 bits per heavy atom. The zero-order valence-electron chi connectivity index (χ0n) is 12.4. The summed E-state index contributed by atoms with van der Waals surface area (Å²) in [6, 6.07) is 7.48. The van der Waals surface area contributed by atoms with Crippen molar-refractivity contribution in [1.82, 2.24) is 5.32 Å². The number of nitrogens with two attached hydrogens (primary N) is 1. The standard InChI is InChI=1S/C15H24N2O2.ClH/c1-4-19-10-13-8-6-5-7-12(13)9-17-15(18)14(16)11(2)3;/h5-8,11,14H,4,9-10,16H2,1-3H3,(H,17,18);1H/t14-;/m1./s1. The first kappa shape index (κ1) is 18.9. The zero-order valence-corrected chi connectivity index (χ0v) is 13.2. The third-order valence-corrected chi connectivity index (χ3v) is 3.05. The molecule has 0 aliphatic carbocycles. The van der Waals surface area contributed by atoms with Crippen LogP contribution in [-0.4, -0.2) is 18.6 Å². The largest absolute Gasteiger partial charge is 0.377 e. The van der Waals surface area contributed by atoms with Gasteiger partial charge in [0.1, 0.15) is 0 Å². The van der Waals surface area contributed by atoms with Gasteiger partial charge in [-0.3, -0.25) is 4.79 Å². The zero-order chi connectivity index (χ0) is 14.3. The van der Waals surface area contributed by atoms with Crippen molar-refractivity contribution in [2.75, 3.05) is 6.61 Å². The van der Waals surface area contributed by atoms with Gasteiger partial charge < -0.3 is 15.8 Å². The van der Waals surface area contributed by atoms with E-state index in [1.165, 1.54) is 0 Å². The molecule has 4 nitrogen and oxygen atoms in total. The first-order chi connectivity index (χ1) is 9.06. The molecule has 0 aromatic heterocycles. The van der Waals surface area contributed by atoms with E-state index in [4.69, 9.17) is 10.5 Å². The van der Waals surface area contributed by atoms with Crippen molar-refractivity contribution in [2.24, 2.45) is 11.7 Å². The smallest absolute Gasteiger partial charge is 0.237 e. The Bertz CT molecular complexity index is 411. The molecule has 1 aromatic rings. The fraction of sp³-hybridized carbons (Fsp3) is 0.533. The number of halogens is 1. The van der Waals surface area contributed by atoms with Crippen molar-refractivity contribution in [3.63, 3.8) is 0 Å². The minimum atomic E-state index is -0.459. The van der Waals surface area contributed by atoms with E-state index >= 15 is 0 Å². The lowest BCUT2D eigenvalue weighted by Crippen LogP contribution is -2.43. The predicted octanol–water partition coefficient (Wildman–Crippen LogP) is 2.24. The molecule has 1 atom stereocenters. The number of ether oxygens (including phenoxy) is 1. The number of hydrogen-bond donors (Lipinski definition) is 2. The molecule has 0 unspecified atom stereocenters. The molecule has 0 heterocycles. The van der Waals surface area contributed by atoms with Crippen LogP contribution in [0.2, 0.25) is 0 Å². The number of hydrogen-bond acceptors (Lipinski definition) is 3. The van der Waals surface area contributed by atoms with Crippen LogP contribution in [0.15, 0.2) is 24.3 Å². The summed E-state index contributed by atoms with van der Waals surface area (Å²) in [5.74, 6) is 0.0277. The highest BCUT2D eigenvalue weighted by atomic mass is 35.5. The van der Waals surface area contributed by atoms with Crippen LogP contribution < -0.4 is 11.1 Å². The second kappa shape index (κ2) is 9.75. The number of carbonyl (C=O) groups is 1. The Hall–Kier alpha value is -1.10. The Morgan fingerprint density at radius 3 is 2.45 bits per heavy atom. The molecular formula is C15H25ClN2O2. The molecule has 1 amide bonds. The average molecular weight is 301 g/mol. The molecule has 1 rings (SSSR count). The molecule has 0 bridgehead atoms. The fourth-order valence-corrected chi connectivity index (χ4v) is 1.69. The Labute approximate surface area is 127 Å². The molecule has 114 valence electrons. The van der Waals surface area contributed by atoms with Crippen LogP contribution in [0.5, 0.6) is 0 Å². The van der Waals surface area contributed by atoms with E-state index in [-0.39, 0.29) is 24.2 Å². The first-order valence-corrected chi connectivity index (χ1v) is 6.74. The summed E-state index contributed by atoms with van der Waals surface area (Å²) in [5, 5.41) is 2.88. The van der Waals surface area contributed by atoms with Crippen molar-refractivity contribution in [1.29, 1.82) is 0 Å². The van der Waals surface area contributed by atoms with E-state index in [0.717, 1.165) is 11.1 Å². The van der Waals surface area contributed by atoms with Gasteiger partial charge >= 0.3 is 0 Å². The van der Waals surface area contributed by atoms with Crippen molar-refractivity contribution in [3.8, 4) is 0 Å². The van der Waals surface area contributed by atoms with Gasteiger partial charge in [-0.2, -0.15) is 0 Å². The monoisotopic (exact) mass is 300 g/mol. The highest BCUT2D eigenvalue weighted by molar-refractivity contribution is 5.85. The maximum Gasteiger partial charge on any atom is 0.237 e. The molecule has 3 N–H and O–H groups in total. The second-order valence-corrected chi connectivity index (χ2v) is 4.89. The Balaban J connectivity index is 0.00000361. The molecule has 0 saturated heterocycles. The summed E-state index contributed by atoms with van der Waals surface area (Å²) < 4.78 is 5.42. The molecular weight excluding hydrogens is 276 g/mol. The lowest BCUT2D eigenvalue weighted by Gasteiger charge is -2.16. The summed E-state index contributed by atoms with van der Waals surface area (Å²) in [5.41, 5.74) is 7.98. The number of amides is 1. The molecule has 0 aliphatic rings. The summed E-state index contributed by atoms with van der Waals surface area (Å²) >= 11 is 0. The molecule has 0 saturated carbocycles. The highest BCUT2D eigenvalue weighted by Crippen LogP contribution is 2.10. The molecule has 0 fully saturated rings. The predicted molar refractivity (Wildman–Crippen MR) is 83.7 cm³/mol. The lowest BCUT2D eigenvalue weighted by molar-refractivity contribution is -0.123. The van der Waals surface area contributed by atoms with E-state index in [2.05, 4.69) is 5.32 Å². The van der Waals surface area contributed by atoms with Crippen LogP contribution in [0.4, 0.5) is 0 Å².